The molecule has 0 spiro atoms. The molecule has 1 aliphatic heterocycles. The first-order chi connectivity index (χ1) is 12.8. The number of hydrogen-bond acceptors (Lipinski definition) is 4. The first kappa shape index (κ1) is 18.7. The zero-order chi connectivity index (χ0) is 19.6. The number of amides is 1. The highest BCUT2D eigenvalue weighted by atomic mass is 32.2. The summed E-state index contributed by atoms with van der Waals surface area (Å²) in [7, 11) is -1.21. The maximum Gasteiger partial charge on any atom is 0.345 e. The molecular formula is C19H19N3O4S. The standard InChI is InChI=1S/C19H19N3O4S/c1-13-7-9-15(10-8-13)20-19(23)18-12-17(21-27(24,25)22(18)2)14-5-4-6-16(11-14)26-3/h4-12H,1-3H3,(H,20,23). The van der Waals surface area contributed by atoms with E-state index >= 15 is 0 Å². The van der Waals surface area contributed by atoms with Gasteiger partial charge in [-0.3, -0.25) is 4.79 Å². The molecule has 0 unspecified atom stereocenters. The number of carbonyl (C=O) groups excluding carboxylic acids is 1. The number of carbonyl (C=O) groups is 1. The third-order valence-electron chi connectivity index (χ3n) is 4.08. The largest absolute Gasteiger partial charge is 0.497 e. The second-order valence-electron chi connectivity index (χ2n) is 6.00. The van der Waals surface area contributed by atoms with Crippen molar-refractivity contribution in [2.24, 2.45) is 4.40 Å². The van der Waals surface area contributed by atoms with Crippen LogP contribution in [0.5, 0.6) is 5.75 Å². The molecule has 27 heavy (non-hydrogen) atoms. The number of benzene rings is 2. The normalized spacial score (nSPS) is 15.6. The van der Waals surface area contributed by atoms with Crippen LogP contribution < -0.4 is 10.1 Å². The fourth-order valence-electron chi connectivity index (χ4n) is 2.52. The number of nitrogens with one attached hydrogen (secondary N) is 1. The maximum atomic E-state index is 12.7. The summed E-state index contributed by atoms with van der Waals surface area (Å²) in [5.74, 6) is 0.0193. The number of ether oxygens (including phenoxy) is 1. The number of methoxy groups -OCH3 is 1. The lowest BCUT2D eigenvalue weighted by molar-refractivity contribution is -0.113. The van der Waals surface area contributed by atoms with Gasteiger partial charge < -0.3 is 10.1 Å². The third kappa shape index (κ3) is 4.01. The Balaban J connectivity index is 1.97. The molecule has 7 nitrogen and oxygen atoms in total. The van der Waals surface area contributed by atoms with Crippen LogP contribution >= 0.6 is 0 Å². The van der Waals surface area contributed by atoms with Crippen LogP contribution in [-0.2, 0) is 15.0 Å². The molecule has 3 rings (SSSR count). The lowest BCUT2D eigenvalue weighted by Gasteiger charge is -2.23. The van der Waals surface area contributed by atoms with E-state index < -0.39 is 16.1 Å². The van der Waals surface area contributed by atoms with E-state index in [1.165, 1.54) is 20.2 Å². The van der Waals surface area contributed by atoms with E-state index in [4.69, 9.17) is 4.74 Å². The summed E-state index contributed by atoms with van der Waals surface area (Å²) in [6, 6.07) is 14.0. The topological polar surface area (TPSA) is 88.1 Å². The van der Waals surface area contributed by atoms with Gasteiger partial charge in [0.15, 0.2) is 0 Å². The predicted octanol–water partition coefficient (Wildman–Crippen LogP) is 2.51. The monoisotopic (exact) mass is 385 g/mol. The number of rotatable bonds is 4. The van der Waals surface area contributed by atoms with E-state index in [-0.39, 0.29) is 11.4 Å². The van der Waals surface area contributed by atoms with Crippen LogP contribution in [-0.4, -0.2) is 38.5 Å². The van der Waals surface area contributed by atoms with Gasteiger partial charge in [-0.1, -0.05) is 29.8 Å². The molecule has 1 heterocycles. The Morgan fingerprint density at radius 1 is 1.15 bits per heavy atom. The van der Waals surface area contributed by atoms with Crippen LogP contribution in [0.15, 0.2) is 64.7 Å². The number of anilines is 1. The summed E-state index contributed by atoms with van der Waals surface area (Å²) in [4.78, 5) is 12.7. The van der Waals surface area contributed by atoms with Crippen molar-refractivity contribution in [2.75, 3.05) is 19.5 Å². The Kier molecular flexibility index (Phi) is 5.00. The van der Waals surface area contributed by atoms with Crippen molar-refractivity contribution in [3.05, 3.63) is 71.4 Å². The van der Waals surface area contributed by atoms with Crippen molar-refractivity contribution in [2.45, 2.75) is 6.92 Å². The molecule has 1 N–H and O–H groups in total. The van der Waals surface area contributed by atoms with Crippen LogP contribution in [0, 0.1) is 6.92 Å². The zero-order valence-corrected chi connectivity index (χ0v) is 15.9. The minimum Gasteiger partial charge on any atom is -0.497 e. The number of nitrogens with zero attached hydrogens (tertiary/aromatic N) is 2. The van der Waals surface area contributed by atoms with Gasteiger partial charge in [0.25, 0.3) is 5.91 Å². The molecular weight excluding hydrogens is 366 g/mol. The van der Waals surface area contributed by atoms with E-state index in [1.54, 1.807) is 36.4 Å². The molecule has 0 saturated carbocycles. The molecule has 0 aliphatic carbocycles. The molecule has 0 bridgehead atoms. The van der Waals surface area contributed by atoms with E-state index in [9.17, 15) is 13.2 Å². The Morgan fingerprint density at radius 3 is 2.52 bits per heavy atom. The highest BCUT2D eigenvalue weighted by molar-refractivity contribution is 7.88. The van der Waals surface area contributed by atoms with Crippen LogP contribution in [0.25, 0.3) is 0 Å². The Hall–Kier alpha value is -3.13. The molecule has 0 atom stereocenters. The van der Waals surface area contributed by atoms with Gasteiger partial charge in [-0.15, -0.1) is 4.40 Å². The van der Waals surface area contributed by atoms with Crippen molar-refractivity contribution < 1.29 is 17.9 Å². The second kappa shape index (κ2) is 7.24. The molecule has 140 valence electrons. The van der Waals surface area contributed by atoms with Crippen LogP contribution in [0.2, 0.25) is 0 Å². The zero-order valence-electron chi connectivity index (χ0n) is 15.1. The van der Waals surface area contributed by atoms with Crippen molar-refractivity contribution in [3.63, 3.8) is 0 Å². The van der Waals surface area contributed by atoms with E-state index in [0.717, 1.165) is 9.87 Å². The summed E-state index contributed by atoms with van der Waals surface area (Å²) in [6.07, 6.45) is 1.44. The van der Waals surface area contributed by atoms with Gasteiger partial charge in [0.2, 0.25) is 0 Å². The molecule has 0 aromatic heterocycles. The van der Waals surface area contributed by atoms with Gasteiger partial charge in [-0.2, -0.15) is 8.42 Å². The molecule has 2 aromatic rings. The van der Waals surface area contributed by atoms with Gasteiger partial charge in [-0.25, -0.2) is 4.31 Å². The summed E-state index contributed by atoms with van der Waals surface area (Å²) < 4.78 is 34.7. The average molecular weight is 385 g/mol. The third-order valence-corrected chi connectivity index (χ3v) is 5.40. The van der Waals surface area contributed by atoms with Gasteiger partial charge >= 0.3 is 10.2 Å². The van der Waals surface area contributed by atoms with Gasteiger partial charge in [-0.05, 0) is 37.3 Å². The van der Waals surface area contributed by atoms with Crippen molar-refractivity contribution in [3.8, 4) is 5.75 Å². The molecule has 0 saturated heterocycles. The Bertz CT molecular complexity index is 1040. The average Bonchev–Trinajstić information content (AvgIpc) is 2.65. The van der Waals surface area contributed by atoms with Crippen LogP contribution in [0.1, 0.15) is 11.1 Å². The quantitative estimate of drug-likeness (QED) is 0.876. The van der Waals surface area contributed by atoms with Gasteiger partial charge in [0, 0.05) is 18.3 Å². The lowest BCUT2D eigenvalue weighted by Crippen LogP contribution is -2.35. The van der Waals surface area contributed by atoms with E-state index in [1.807, 2.05) is 19.1 Å². The first-order valence-corrected chi connectivity index (χ1v) is 9.53. The van der Waals surface area contributed by atoms with Crippen LogP contribution in [0.3, 0.4) is 0 Å². The first-order valence-electron chi connectivity index (χ1n) is 8.13. The fourth-order valence-corrected chi connectivity index (χ4v) is 3.43. The van der Waals surface area contributed by atoms with Crippen LogP contribution in [0.4, 0.5) is 5.69 Å². The van der Waals surface area contributed by atoms with Crippen molar-refractivity contribution in [1.29, 1.82) is 0 Å². The Labute approximate surface area is 158 Å². The molecule has 0 fully saturated rings. The fraction of sp³-hybridized carbons (Fsp3) is 0.158. The molecule has 8 heteroatoms. The molecule has 1 amide bonds. The van der Waals surface area contributed by atoms with Crippen molar-refractivity contribution >= 4 is 27.5 Å². The minimum atomic E-state index is -4.02. The summed E-state index contributed by atoms with van der Waals surface area (Å²) >= 11 is 0. The summed E-state index contributed by atoms with van der Waals surface area (Å²) in [5.41, 5.74) is 2.30. The number of likely N-dealkylation sites (N-methyl/N-ethyl adjacent to an activating group) is 1. The van der Waals surface area contributed by atoms with E-state index in [0.29, 0.717) is 17.0 Å². The smallest absolute Gasteiger partial charge is 0.345 e. The minimum absolute atomic E-state index is 0.0246. The van der Waals surface area contributed by atoms with Gasteiger partial charge in [0.1, 0.15) is 11.4 Å². The molecule has 2 aromatic carbocycles. The maximum absolute atomic E-state index is 12.7. The highest BCUT2D eigenvalue weighted by Crippen LogP contribution is 2.23. The molecule has 1 aliphatic rings. The molecule has 0 radical (unpaired) electrons. The SMILES string of the molecule is COc1cccc(C2=NS(=O)(=O)N(C)C(C(=O)Nc3ccc(C)cc3)=C2)c1. The number of aryl methyl sites for hydroxylation is 1. The highest BCUT2D eigenvalue weighted by Gasteiger charge is 2.30. The predicted molar refractivity (Wildman–Crippen MR) is 104 cm³/mol. The second-order valence-corrected chi connectivity index (χ2v) is 7.63. The lowest BCUT2D eigenvalue weighted by atomic mass is 10.1. The van der Waals surface area contributed by atoms with E-state index in [2.05, 4.69) is 9.71 Å². The Morgan fingerprint density at radius 2 is 1.85 bits per heavy atom. The number of hydrogen-bond donors (Lipinski definition) is 1. The van der Waals surface area contributed by atoms with Gasteiger partial charge in [0.05, 0.1) is 12.8 Å². The number of allylic oxidation sites excluding steroid dienone is 1. The van der Waals surface area contributed by atoms with Crippen molar-refractivity contribution in [1.82, 2.24) is 4.31 Å². The summed E-state index contributed by atoms with van der Waals surface area (Å²) in [5, 5.41) is 2.71. The summed E-state index contributed by atoms with van der Waals surface area (Å²) in [6.45, 7) is 1.94.